The minimum absolute atomic E-state index is 0.00772. The molecule has 0 aromatic rings. The molecule has 0 saturated carbocycles. The summed E-state index contributed by atoms with van der Waals surface area (Å²) in [6, 6.07) is 0. The molecule has 1 aliphatic rings. The van der Waals surface area contributed by atoms with Gasteiger partial charge in [0.25, 0.3) is 0 Å². The van der Waals surface area contributed by atoms with Crippen molar-refractivity contribution < 1.29 is 29.2 Å². The van der Waals surface area contributed by atoms with Gasteiger partial charge in [-0.3, -0.25) is 0 Å². The van der Waals surface area contributed by atoms with Crippen LogP contribution < -0.4 is 0 Å². The Bertz CT molecular complexity index is 344. The quantitative estimate of drug-likeness (QED) is 0.587. The Morgan fingerprint density at radius 3 is 2.21 bits per heavy atom. The van der Waals surface area contributed by atoms with Gasteiger partial charge < -0.3 is 29.2 Å². The van der Waals surface area contributed by atoms with E-state index in [1.807, 2.05) is 0 Å². The summed E-state index contributed by atoms with van der Waals surface area (Å²) in [5.74, 6) is 4.62. The Morgan fingerprint density at radius 1 is 1.16 bits per heavy atom. The van der Waals surface area contributed by atoms with E-state index in [4.69, 9.17) is 31.8 Å². The Morgan fingerprint density at radius 2 is 1.74 bits per heavy atom. The van der Waals surface area contributed by atoms with E-state index >= 15 is 0 Å². The molecule has 2 N–H and O–H groups in total. The van der Waals surface area contributed by atoms with E-state index in [0.29, 0.717) is 0 Å². The maximum atomic E-state index is 10.1. The van der Waals surface area contributed by atoms with Gasteiger partial charge in [0.2, 0.25) is 0 Å². The van der Waals surface area contributed by atoms with Gasteiger partial charge in [-0.25, -0.2) is 0 Å². The smallest absolute Gasteiger partial charge is 0.186 e. The van der Waals surface area contributed by atoms with Gasteiger partial charge in [0.15, 0.2) is 6.29 Å². The number of hydrogen-bond acceptors (Lipinski definition) is 6. The van der Waals surface area contributed by atoms with E-state index in [1.165, 1.54) is 7.11 Å². The number of hydrogen-bond donors (Lipinski definition) is 2. The normalized spacial score (nSPS) is 34.5. The summed E-state index contributed by atoms with van der Waals surface area (Å²) in [6.07, 6.45) is 6.01. The van der Waals surface area contributed by atoms with Gasteiger partial charge >= 0.3 is 0 Å². The maximum Gasteiger partial charge on any atom is 0.186 e. The molecule has 1 rings (SSSR count). The standard InChI is InChI=1S/C13H18O6/c1-4-6-17-11-10(15)9(8-14)19-13(16-3)12(11)18-7-5-2/h1-2,9-15H,6-8H2,3H3/t9-,10-,11+,12-,13+/m1/s1. The molecular formula is C13H18O6. The minimum Gasteiger partial charge on any atom is -0.394 e. The maximum absolute atomic E-state index is 10.1. The summed E-state index contributed by atoms with van der Waals surface area (Å²) in [5.41, 5.74) is 0. The summed E-state index contributed by atoms with van der Waals surface area (Å²) < 4.78 is 21.2. The second-order valence-corrected chi connectivity index (χ2v) is 3.91. The topological polar surface area (TPSA) is 77.4 Å². The molecule has 5 atom stereocenters. The summed E-state index contributed by atoms with van der Waals surface area (Å²) in [4.78, 5) is 0. The van der Waals surface area contributed by atoms with E-state index in [1.54, 1.807) is 0 Å². The molecule has 6 nitrogen and oxygen atoms in total. The van der Waals surface area contributed by atoms with Crippen LogP contribution in [0.2, 0.25) is 0 Å². The van der Waals surface area contributed by atoms with Gasteiger partial charge in [-0.2, -0.15) is 0 Å². The fraction of sp³-hybridized carbons (Fsp3) is 0.692. The first kappa shape index (κ1) is 15.9. The predicted octanol–water partition coefficient (Wildman–Crippen LogP) is -1.25. The third-order valence-electron chi connectivity index (χ3n) is 2.75. The lowest BCUT2D eigenvalue weighted by atomic mass is 9.98. The highest BCUT2D eigenvalue weighted by Gasteiger charge is 2.46. The zero-order valence-corrected chi connectivity index (χ0v) is 10.7. The molecule has 0 aliphatic carbocycles. The lowest BCUT2D eigenvalue weighted by molar-refractivity contribution is -0.307. The predicted molar refractivity (Wildman–Crippen MR) is 65.9 cm³/mol. The van der Waals surface area contributed by atoms with E-state index < -0.39 is 30.7 Å². The van der Waals surface area contributed by atoms with Crippen LogP contribution in [0.1, 0.15) is 0 Å². The third-order valence-corrected chi connectivity index (χ3v) is 2.75. The van der Waals surface area contributed by atoms with Gasteiger partial charge in [-0.05, 0) is 0 Å². The van der Waals surface area contributed by atoms with Crippen molar-refractivity contribution in [2.75, 3.05) is 26.9 Å². The lowest BCUT2D eigenvalue weighted by Crippen LogP contribution is -2.60. The van der Waals surface area contributed by atoms with Crippen LogP contribution in [-0.4, -0.2) is 67.8 Å². The summed E-state index contributed by atoms with van der Waals surface area (Å²) >= 11 is 0. The SMILES string of the molecule is C#CCO[C@H]1[C@@H](OC)O[C@H](CO)[C@@H](O)[C@@H]1OCC#C. The van der Waals surface area contributed by atoms with Gasteiger partial charge in [-0.1, -0.05) is 11.8 Å². The average molecular weight is 270 g/mol. The highest BCUT2D eigenvalue weighted by atomic mass is 16.7. The number of aliphatic hydroxyl groups is 2. The van der Waals surface area contributed by atoms with Gasteiger partial charge in [0.05, 0.1) is 6.61 Å². The van der Waals surface area contributed by atoms with Crippen LogP contribution in [0, 0.1) is 24.7 Å². The molecule has 0 amide bonds. The van der Waals surface area contributed by atoms with Crippen LogP contribution in [0.3, 0.4) is 0 Å². The van der Waals surface area contributed by atoms with Crippen LogP contribution in [0.5, 0.6) is 0 Å². The summed E-state index contributed by atoms with van der Waals surface area (Å²) in [6.45, 7) is -0.370. The molecule has 0 bridgehead atoms. The molecule has 1 saturated heterocycles. The van der Waals surface area contributed by atoms with E-state index in [2.05, 4.69) is 11.8 Å². The molecule has 0 aromatic heterocycles. The summed E-state index contributed by atoms with van der Waals surface area (Å²) in [5, 5.41) is 19.2. The van der Waals surface area contributed by atoms with Gasteiger partial charge in [0.1, 0.15) is 37.6 Å². The molecule has 6 heteroatoms. The number of ether oxygens (including phenoxy) is 4. The minimum atomic E-state index is -1.09. The number of terminal acetylenes is 2. The van der Waals surface area contributed by atoms with Gasteiger partial charge in [0, 0.05) is 7.11 Å². The lowest BCUT2D eigenvalue weighted by Gasteiger charge is -2.42. The van der Waals surface area contributed by atoms with Crippen LogP contribution in [0.4, 0.5) is 0 Å². The molecule has 0 aromatic carbocycles. The number of rotatable bonds is 6. The van der Waals surface area contributed by atoms with Crippen LogP contribution in [0.25, 0.3) is 0 Å². The van der Waals surface area contributed by atoms with Gasteiger partial charge in [-0.15, -0.1) is 12.8 Å². The van der Waals surface area contributed by atoms with Crippen LogP contribution in [0.15, 0.2) is 0 Å². The largest absolute Gasteiger partial charge is 0.394 e. The second-order valence-electron chi connectivity index (χ2n) is 3.91. The molecule has 0 radical (unpaired) electrons. The van der Waals surface area contributed by atoms with Crippen molar-refractivity contribution in [1.82, 2.24) is 0 Å². The van der Waals surface area contributed by atoms with Crippen molar-refractivity contribution in [3.05, 3.63) is 0 Å². The number of methoxy groups -OCH3 is 1. The van der Waals surface area contributed by atoms with Crippen LogP contribution in [-0.2, 0) is 18.9 Å². The Kier molecular flexibility index (Phi) is 6.82. The van der Waals surface area contributed by atoms with E-state index in [0.717, 1.165) is 0 Å². The summed E-state index contributed by atoms with van der Waals surface area (Å²) in [7, 11) is 1.42. The Hall–Kier alpha value is -1.12. The molecule has 106 valence electrons. The molecule has 1 aliphatic heterocycles. The second kappa shape index (κ2) is 8.13. The molecule has 0 spiro atoms. The van der Waals surface area contributed by atoms with E-state index in [9.17, 15) is 10.2 Å². The van der Waals surface area contributed by atoms with Crippen molar-refractivity contribution >= 4 is 0 Å². The monoisotopic (exact) mass is 270 g/mol. The van der Waals surface area contributed by atoms with Crippen molar-refractivity contribution in [2.45, 2.75) is 30.7 Å². The highest BCUT2D eigenvalue weighted by molar-refractivity contribution is 4.94. The first-order valence-corrected chi connectivity index (χ1v) is 5.76. The fourth-order valence-corrected chi connectivity index (χ4v) is 1.89. The molecule has 19 heavy (non-hydrogen) atoms. The average Bonchev–Trinajstić information content (AvgIpc) is 2.44. The van der Waals surface area contributed by atoms with Crippen molar-refractivity contribution in [2.24, 2.45) is 0 Å². The zero-order valence-electron chi connectivity index (χ0n) is 10.7. The molecular weight excluding hydrogens is 252 g/mol. The molecule has 1 heterocycles. The molecule has 0 unspecified atom stereocenters. The van der Waals surface area contributed by atoms with Crippen molar-refractivity contribution in [3.8, 4) is 24.7 Å². The van der Waals surface area contributed by atoms with Crippen molar-refractivity contribution in [1.29, 1.82) is 0 Å². The zero-order chi connectivity index (χ0) is 14.3. The van der Waals surface area contributed by atoms with Crippen molar-refractivity contribution in [3.63, 3.8) is 0 Å². The third kappa shape index (κ3) is 3.92. The highest BCUT2D eigenvalue weighted by Crippen LogP contribution is 2.26. The Balaban J connectivity index is 2.85. The van der Waals surface area contributed by atoms with E-state index in [-0.39, 0.29) is 19.8 Å². The fourth-order valence-electron chi connectivity index (χ4n) is 1.89. The first-order chi connectivity index (χ1) is 9.19. The Labute approximate surface area is 112 Å². The molecule has 1 fully saturated rings. The van der Waals surface area contributed by atoms with Crippen LogP contribution >= 0.6 is 0 Å². The number of aliphatic hydroxyl groups excluding tert-OH is 2. The first-order valence-electron chi connectivity index (χ1n) is 5.76.